The number of esters is 2. The van der Waals surface area contributed by atoms with Crippen LogP contribution in [0.15, 0.2) is 122 Å². The Morgan fingerprint density at radius 1 is 0.361 bits per heavy atom. The van der Waals surface area contributed by atoms with Crippen LogP contribution in [0.1, 0.15) is 271 Å². The Bertz CT molecular complexity index is 1780. The number of carbonyl (C=O) groups excluding carboxylic acids is 2. The van der Waals surface area contributed by atoms with Crippen molar-refractivity contribution in [3.05, 3.63) is 122 Å². The van der Waals surface area contributed by atoms with E-state index in [1.54, 1.807) is 0 Å². The molecule has 0 spiro atoms. The SMILES string of the molecule is CC/C=C\C/C=C\C/C=C\C/C=C\C/C=C\CCCCCCCCCCCCCCCCCCCCCC(=O)OC(COC(=O)CCCCCCCCC/C=C\C/C=C\C/C=C\C/C=C\C/C=C\CC)COC(OCC[N+](C)(C)C)C(=O)O. The van der Waals surface area contributed by atoms with Crippen LogP contribution in [0, 0.1) is 0 Å². The quantitative estimate of drug-likeness (QED) is 0.0211. The van der Waals surface area contributed by atoms with Crippen LogP contribution in [0.25, 0.3) is 0 Å². The predicted molar refractivity (Wildman–Crippen MR) is 354 cm³/mol. The molecule has 83 heavy (non-hydrogen) atoms. The largest absolute Gasteiger partial charge is 0.477 e. The van der Waals surface area contributed by atoms with E-state index in [2.05, 4.69) is 135 Å². The van der Waals surface area contributed by atoms with Crippen molar-refractivity contribution in [3.8, 4) is 0 Å². The Labute approximate surface area is 510 Å². The molecular weight excluding hydrogens is 1030 g/mol. The van der Waals surface area contributed by atoms with Gasteiger partial charge in [-0.05, 0) is 103 Å². The molecule has 0 radical (unpaired) electrons. The van der Waals surface area contributed by atoms with Gasteiger partial charge in [-0.15, -0.1) is 0 Å². The lowest BCUT2D eigenvalue weighted by Crippen LogP contribution is -2.40. The minimum absolute atomic E-state index is 0.181. The van der Waals surface area contributed by atoms with E-state index in [0.29, 0.717) is 11.0 Å². The van der Waals surface area contributed by atoms with Crippen molar-refractivity contribution in [2.75, 3.05) is 47.5 Å². The third-order valence-corrected chi connectivity index (χ3v) is 14.2. The maximum Gasteiger partial charge on any atom is 0.361 e. The number of carbonyl (C=O) groups is 3. The van der Waals surface area contributed by atoms with E-state index in [-0.39, 0.29) is 38.6 Å². The summed E-state index contributed by atoms with van der Waals surface area (Å²) in [7, 11) is 5.97. The van der Waals surface area contributed by atoms with Gasteiger partial charge < -0.3 is 28.5 Å². The normalized spacial score (nSPS) is 13.5. The maximum absolute atomic E-state index is 12.9. The zero-order chi connectivity index (χ0) is 60.5. The van der Waals surface area contributed by atoms with Gasteiger partial charge in [-0.2, -0.15) is 0 Å². The van der Waals surface area contributed by atoms with Gasteiger partial charge in [-0.25, -0.2) is 4.79 Å². The zero-order valence-corrected chi connectivity index (χ0v) is 54.1. The molecule has 9 heteroatoms. The molecule has 0 aromatic carbocycles. The van der Waals surface area contributed by atoms with Crippen LogP contribution < -0.4 is 0 Å². The summed E-state index contributed by atoms with van der Waals surface area (Å²) >= 11 is 0. The zero-order valence-electron chi connectivity index (χ0n) is 54.1. The average molecular weight is 1160 g/mol. The van der Waals surface area contributed by atoms with Crippen molar-refractivity contribution in [3.63, 3.8) is 0 Å². The van der Waals surface area contributed by atoms with Crippen molar-refractivity contribution in [1.82, 2.24) is 0 Å². The Kier molecular flexibility index (Phi) is 60.4. The van der Waals surface area contributed by atoms with Crippen molar-refractivity contribution in [1.29, 1.82) is 0 Å². The van der Waals surface area contributed by atoms with E-state index >= 15 is 0 Å². The lowest BCUT2D eigenvalue weighted by Gasteiger charge is -2.25. The first-order valence-electron chi connectivity index (χ1n) is 33.7. The molecule has 1 N–H and O–H groups in total. The standard InChI is InChI=1S/C74H125NO8/c1-6-8-10-12-14-16-18-20-22-24-26-28-30-31-32-33-34-35-36-37-38-39-40-41-43-45-47-49-51-53-55-57-59-61-63-65-72(77)83-70(69-82-74(73(78)79)80-67-66-75(3,4)5)68-81-71(76)64-62-60-58-56-54-52-50-48-46-44-42-29-27-25-23-21-19-17-15-13-11-9-7-2/h8-11,14-17,20-23,26-29,31-32,44,46,70,74H,6-7,12-13,18-19,24-25,30,33-43,45,47-69H2,1-5H3/p+1/b10-8-,11-9-,16-14-,17-15-,22-20-,23-21-,28-26-,29-27-,32-31-,46-44-. The second-order valence-corrected chi connectivity index (χ2v) is 23.4. The first-order chi connectivity index (χ1) is 40.6. The topological polar surface area (TPSA) is 108 Å². The molecule has 0 rings (SSSR count). The van der Waals surface area contributed by atoms with Crippen molar-refractivity contribution in [2.24, 2.45) is 0 Å². The molecule has 0 fully saturated rings. The molecule has 0 saturated heterocycles. The maximum atomic E-state index is 12.9. The third kappa shape index (κ3) is 65.1. The first kappa shape index (κ1) is 78.7. The van der Waals surface area contributed by atoms with E-state index in [1.165, 1.54) is 128 Å². The highest BCUT2D eigenvalue weighted by atomic mass is 16.7. The average Bonchev–Trinajstić information content (AvgIpc) is 3.46. The lowest BCUT2D eigenvalue weighted by molar-refractivity contribution is -0.870. The number of aliphatic carboxylic acids is 1. The second-order valence-electron chi connectivity index (χ2n) is 23.4. The summed E-state index contributed by atoms with van der Waals surface area (Å²) in [5.74, 6) is -2.02. The van der Waals surface area contributed by atoms with Gasteiger partial charge in [-0.1, -0.05) is 277 Å². The van der Waals surface area contributed by atoms with Crippen molar-refractivity contribution < 1.29 is 42.9 Å². The van der Waals surface area contributed by atoms with Gasteiger partial charge in [0, 0.05) is 12.8 Å². The summed E-state index contributed by atoms with van der Waals surface area (Å²) in [6.45, 7) is 4.65. The molecule has 2 atom stereocenters. The molecular formula is C74H126NO8+. The van der Waals surface area contributed by atoms with E-state index in [4.69, 9.17) is 18.9 Å². The molecule has 2 unspecified atom stereocenters. The smallest absolute Gasteiger partial charge is 0.361 e. The number of carboxylic acid groups (broad SMARTS) is 1. The monoisotopic (exact) mass is 1160 g/mol. The molecule has 0 aliphatic carbocycles. The third-order valence-electron chi connectivity index (χ3n) is 14.2. The molecule has 0 heterocycles. The number of likely N-dealkylation sites (N-methyl/N-ethyl adjacent to an activating group) is 1. The molecule has 474 valence electrons. The van der Waals surface area contributed by atoms with Crippen molar-refractivity contribution in [2.45, 2.75) is 283 Å². The van der Waals surface area contributed by atoms with Gasteiger partial charge in [0.1, 0.15) is 13.2 Å². The number of quaternary nitrogens is 1. The molecule has 0 aromatic rings. The van der Waals surface area contributed by atoms with Crippen LogP contribution in [0.4, 0.5) is 0 Å². The summed E-state index contributed by atoms with van der Waals surface area (Å²) in [6, 6.07) is 0. The van der Waals surface area contributed by atoms with E-state index in [9.17, 15) is 19.5 Å². The highest BCUT2D eigenvalue weighted by Gasteiger charge is 2.25. The van der Waals surface area contributed by atoms with Gasteiger partial charge in [0.05, 0.1) is 34.4 Å². The Hall–Kier alpha value is -4.31. The minimum atomic E-state index is -1.52. The molecule has 0 amide bonds. The van der Waals surface area contributed by atoms with Crippen molar-refractivity contribution >= 4 is 17.9 Å². The molecule has 0 bridgehead atoms. The molecule has 0 aliphatic rings. The van der Waals surface area contributed by atoms with Crippen LogP contribution in [0.5, 0.6) is 0 Å². The summed E-state index contributed by atoms with van der Waals surface area (Å²) in [4.78, 5) is 37.6. The summed E-state index contributed by atoms with van der Waals surface area (Å²) in [6.07, 6.45) is 87.3. The second kappa shape index (κ2) is 63.7. The fourth-order valence-corrected chi connectivity index (χ4v) is 9.13. The van der Waals surface area contributed by atoms with Gasteiger partial charge in [0.2, 0.25) is 0 Å². The Morgan fingerprint density at radius 2 is 0.651 bits per heavy atom. The first-order valence-corrected chi connectivity index (χ1v) is 33.7. The number of hydrogen-bond donors (Lipinski definition) is 1. The number of allylic oxidation sites excluding steroid dienone is 20. The fraction of sp³-hybridized carbons (Fsp3) is 0.689. The van der Waals surface area contributed by atoms with Gasteiger partial charge in [0.15, 0.2) is 6.10 Å². The summed E-state index contributed by atoms with van der Waals surface area (Å²) < 4.78 is 22.9. The lowest BCUT2D eigenvalue weighted by atomic mass is 10.0. The van der Waals surface area contributed by atoms with E-state index < -0.39 is 24.3 Å². The van der Waals surface area contributed by atoms with Crippen LogP contribution in [-0.4, -0.2) is 87.4 Å². The van der Waals surface area contributed by atoms with E-state index in [1.807, 2.05) is 21.1 Å². The highest BCUT2D eigenvalue weighted by Crippen LogP contribution is 2.17. The van der Waals surface area contributed by atoms with Crippen LogP contribution >= 0.6 is 0 Å². The van der Waals surface area contributed by atoms with Gasteiger partial charge in [-0.3, -0.25) is 9.59 Å². The van der Waals surface area contributed by atoms with Crippen LogP contribution in [0.2, 0.25) is 0 Å². The molecule has 9 nitrogen and oxygen atoms in total. The van der Waals surface area contributed by atoms with Crippen LogP contribution in [-0.2, 0) is 33.3 Å². The summed E-state index contributed by atoms with van der Waals surface area (Å²) in [5, 5.41) is 9.74. The molecule has 0 aliphatic heterocycles. The van der Waals surface area contributed by atoms with Crippen LogP contribution in [0.3, 0.4) is 0 Å². The molecule has 0 aromatic heterocycles. The number of unbranched alkanes of at least 4 members (excludes halogenated alkanes) is 26. The number of carboxylic acids is 1. The Balaban J connectivity index is 4.12. The number of rotatable bonds is 61. The number of nitrogens with zero attached hydrogens (tertiary/aromatic N) is 1. The highest BCUT2D eigenvalue weighted by molar-refractivity contribution is 5.71. The predicted octanol–water partition coefficient (Wildman–Crippen LogP) is 20.8. The van der Waals surface area contributed by atoms with E-state index in [0.717, 1.165) is 116 Å². The number of ether oxygens (including phenoxy) is 4. The fourth-order valence-electron chi connectivity index (χ4n) is 9.13. The molecule has 0 saturated carbocycles. The van der Waals surface area contributed by atoms with Gasteiger partial charge >= 0.3 is 17.9 Å². The number of hydrogen-bond acceptors (Lipinski definition) is 7. The minimum Gasteiger partial charge on any atom is -0.477 e. The van der Waals surface area contributed by atoms with Gasteiger partial charge in [0.25, 0.3) is 6.29 Å². The Morgan fingerprint density at radius 3 is 0.964 bits per heavy atom. The summed E-state index contributed by atoms with van der Waals surface area (Å²) in [5.41, 5.74) is 0.